The molecule has 0 aromatic heterocycles. The Morgan fingerprint density at radius 1 is 1.10 bits per heavy atom. The van der Waals surface area contributed by atoms with Crippen molar-refractivity contribution in [2.45, 2.75) is 20.5 Å². The van der Waals surface area contributed by atoms with Gasteiger partial charge < -0.3 is 4.74 Å². The Morgan fingerprint density at radius 3 is 2.41 bits per heavy atom. The van der Waals surface area contributed by atoms with Crippen molar-refractivity contribution >= 4 is 23.7 Å². The first-order valence-electron chi connectivity index (χ1n) is 9.00. The number of carbonyl (C=O) groups is 1. The SMILES string of the molecule is Cc1cc(/C=N\NC(=O)c2ccccc2F)cc(C)c1OCc1ccc(Cl)cc1. The van der Waals surface area contributed by atoms with Crippen LogP contribution in [0.25, 0.3) is 0 Å². The summed E-state index contributed by atoms with van der Waals surface area (Å²) < 4.78 is 19.6. The lowest BCUT2D eigenvalue weighted by Gasteiger charge is -2.13. The summed E-state index contributed by atoms with van der Waals surface area (Å²) in [6.45, 7) is 4.32. The lowest BCUT2D eigenvalue weighted by Crippen LogP contribution is -2.18. The van der Waals surface area contributed by atoms with E-state index in [1.807, 2.05) is 50.2 Å². The highest BCUT2D eigenvalue weighted by Gasteiger charge is 2.10. The minimum atomic E-state index is -0.601. The van der Waals surface area contributed by atoms with Gasteiger partial charge in [0.05, 0.1) is 11.8 Å². The zero-order valence-electron chi connectivity index (χ0n) is 16.1. The van der Waals surface area contributed by atoms with Crippen LogP contribution in [0.5, 0.6) is 5.75 Å². The molecule has 0 aliphatic heterocycles. The highest BCUT2D eigenvalue weighted by Crippen LogP contribution is 2.25. The zero-order chi connectivity index (χ0) is 20.8. The van der Waals surface area contributed by atoms with E-state index >= 15 is 0 Å². The maximum absolute atomic E-state index is 13.6. The second-order valence-electron chi connectivity index (χ2n) is 6.58. The number of rotatable bonds is 6. The van der Waals surface area contributed by atoms with E-state index in [1.165, 1.54) is 24.4 Å². The number of carbonyl (C=O) groups excluding carboxylic acids is 1. The summed E-state index contributed by atoms with van der Waals surface area (Å²) >= 11 is 5.90. The van der Waals surface area contributed by atoms with Crippen LogP contribution < -0.4 is 10.2 Å². The normalized spacial score (nSPS) is 10.9. The maximum atomic E-state index is 13.6. The van der Waals surface area contributed by atoms with Crippen LogP contribution in [0.1, 0.15) is 32.6 Å². The van der Waals surface area contributed by atoms with Gasteiger partial charge >= 0.3 is 0 Å². The molecule has 3 rings (SSSR count). The number of hydrazone groups is 1. The van der Waals surface area contributed by atoms with Crippen LogP contribution in [-0.2, 0) is 6.61 Å². The molecule has 148 valence electrons. The minimum absolute atomic E-state index is 0.0528. The molecule has 0 aliphatic rings. The molecule has 29 heavy (non-hydrogen) atoms. The van der Waals surface area contributed by atoms with E-state index in [-0.39, 0.29) is 5.56 Å². The predicted molar refractivity (Wildman–Crippen MR) is 113 cm³/mol. The Bertz CT molecular complexity index is 1030. The first-order valence-corrected chi connectivity index (χ1v) is 9.38. The van der Waals surface area contributed by atoms with Gasteiger partial charge in [0.25, 0.3) is 5.91 Å². The molecule has 1 amide bonds. The third-order valence-electron chi connectivity index (χ3n) is 4.28. The Morgan fingerprint density at radius 2 is 1.76 bits per heavy atom. The smallest absolute Gasteiger partial charge is 0.274 e. The van der Waals surface area contributed by atoms with Gasteiger partial charge in [0.1, 0.15) is 18.2 Å². The van der Waals surface area contributed by atoms with Gasteiger partial charge in [-0.15, -0.1) is 0 Å². The number of nitrogens with zero attached hydrogens (tertiary/aromatic N) is 1. The summed E-state index contributed by atoms with van der Waals surface area (Å²) in [6.07, 6.45) is 1.52. The third-order valence-corrected chi connectivity index (χ3v) is 4.53. The van der Waals surface area contributed by atoms with Gasteiger partial charge in [0.15, 0.2) is 0 Å². The fourth-order valence-corrected chi connectivity index (χ4v) is 3.02. The number of amides is 1. The van der Waals surface area contributed by atoms with E-state index in [0.717, 1.165) is 28.0 Å². The number of halogens is 2. The molecule has 0 unspecified atom stereocenters. The fourth-order valence-electron chi connectivity index (χ4n) is 2.89. The van der Waals surface area contributed by atoms with Crippen LogP contribution in [-0.4, -0.2) is 12.1 Å². The second-order valence-corrected chi connectivity index (χ2v) is 7.01. The molecular formula is C23H20ClFN2O2. The zero-order valence-corrected chi connectivity index (χ0v) is 16.8. The van der Waals surface area contributed by atoms with E-state index < -0.39 is 11.7 Å². The molecule has 0 saturated carbocycles. The van der Waals surface area contributed by atoms with Gasteiger partial charge in [-0.3, -0.25) is 4.79 Å². The quantitative estimate of drug-likeness (QED) is 0.434. The van der Waals surface area contributed by atoms with Crippen LogP contribution in [0.3, 0.4) is 0 Å². The molecule has 0 bridgehead atoms. The minimum Gasteiger partial charge on any atom is -0.488 e. The average molecular weight is 411 g/mol. The molecule has 0 aliphatic carbocycles. The Hall–Kier alpha value is -3.18. The molecule has 3 aromatic rings. The summed E-state index contributed by atoms with van der Waals surface area (Å²) in [6, 6.07) is 17.1. The predicted octanol–water partition coefficient (Wildman–Crippen LogP) is 5.44. The lowest BCUT2D eigenvalue weighted by molar-refractivity contribution is 0.0951. The first kappa shape index (κ1) is 20.6. The second kappa shape index (κ2) is 9.34. The summed E-state index contributed by atoms with van der Waals surface area (Å²) in [5.74, 6) is -0.391. The molecule has 3 aromatic carbocycles. The summed E-state index contributed by atoms with van der Waals surface area (Å²) in [7, 11) is 0. The topological polar surface area (TPSA) is 50.7 Å². The Balaban J connectivity index is 1.65. The van der Waals surface area contributed by atoms with Gasteiger partial charge in [-0.2, -0.15) is 5.10 Å². The highest BCUT2D eigenvalue weighted by atomic mass is 35.5. The number of hydrogen-bond acceptors (Lipinski definition) is 3. The Kier molecular flexibility index (Phi) is 6.62. The van der Waals surface area contributed by atoms with E-state index in [2.05, 4.69) is 10.5 Å². The fraction of sp³-hybridized carbons (Fsp3) is 0.130. The molecule has 0 radical (unpaired) electrons. The lowest BCUT2D eigenvalue weighted by atomic mass is 10.1. The highest BCUT2D eigenvalue weighted by molar-refractivity contribution is 6.30. The number of benzene rings is 3. The first-order chi connectivity index (χ1) is 13.9. The van der Waals surface area contributed by atoms with Crippen molar-refractivity contribution in [2.75, 3.05) is 0 Å². The van der Waals surface area contributed by atoms with Crippen LogP contribution >= 0.6 is 11.6 Å². The van der Waals surface area contributed by atoms with Crippen LogP contribution in [0.15, 0.2) is 65.8 Å². The number of hydrogen-bond donors (Lipinski definition) is 1. The van der Waals surface area contributed by atoms with Gasteiger partial charge in [-0.25, -0.2) is 9.82 Å². The molecule has 1 N–H and O–H groups in total. The van der Waals surface area contributed by atoms with Crippen LogP contribution in [0.4, 0.5) is 4.39 Å². The van der Waals surface area contributed by atoms with Crippen molar-refractivity contribution in [1.29, 1.82) is 0 Å². The van der Waals surface area contributed by atoms with Crippen molar-refractivity contribution in [3.63, 3.8) is 0 Å². The number of ether oxygens (including phenoxy) is 1. The molecular weight excluding hydrogens is 391 g/mol. The molecule has 0 atom stereocenters. The number of aryl methyl sites for hydroxylation is 2. The third kappa shape index (κ3) is 5.42. The summed E-state index contributed by atoms with van der Waals surface area (Å²) in [5, 5.41) is 4.62. The molecule has 0 spiro atoms. The van der Waals surface area contributed by atoms with Gasteiger partial charge in [-0.1, -0.05) is 35.9 Å². The standard InChI is InChI=1S/C23H20ClFN2O2/c1-15-11-18(13-26-27-23(28)20-5-3-4-6-21(20)25)12-16(2)22(15)29-14-17-7-9-19(24)10-8-17/h3-13H,14H2,1-2H3,(H,27,28)/b26-13-. The largest absolute Gasteiger partial charge is 0.488 e. The van der Waals surface area contributed by atoms with Crippen LogP contribution in [0, 0.1) is 19.7 Å². The van der Waals surface area contributed by atoms with Crippen molar-refractivity contribution in [2.24, 2.45) is 5.10 Å². The average Bonchev–Trinajstić information content (AvgIpc) is 2.69. The number of nitrogens with one attached hydrogen (secondary N) is 1. The maximum Gasteiger partial charge on any atom is 0.274 e. The van der Waals surface area contributed by atoms with Gasteiger partial charge in [0, 0.05) is 5.02 Å². The van der Waals surface area contributed by atoms with Crippen molar-refractivity contribution in [1.82, 2.24) is 5.43 Å². The van der Waals surface area contributed by atoms with Gasteiger partial charge in [-0.05, 0) is 72.5 Å². The molecule has 0 saturated heterocycles. The molecule has 0 fully saturated rings. The van der Waals surface area contributed by atoms with E-state index in [9.17, 15) is 9.18 Å². The monoisotopic (exact) mass is 410 g/mol. The molecule has 6 heteroatoms. The van der Waals surface area contributed by atoms with E-state index in [4.69, 9.17) is 16.3 Å². The Labute approximate surface area is 174 Å². The van der Waals surface area contributed by atoms with E-state index in [1.54, 1.807) is 6.07 Å². The van der Waals surface area contributed by atoms with Crippen molar-refractivity contribution in [3.05, 3.63) is 99.3 Å². The summed E-state index contributed by atoms with van der Waals surface area (Å²) in [4.78, 5) is 12.0. The van der Waals surface area contributed by atoms with E-state index in [0.29, 0.717) is 11.6 Å². The van der Waals surface area contributed by atoms with Crippen molar-refractivity contribution in [3.8, 4) is 5.75 Å². The van der Waals surface area contributed by atoms with Crippen molar-refractivity contribution < 1.29 is 13.9 Å². The molecule has 0 heterocycles. The van der Waals surface area contributed by atoms with Gasteiger partial charge in [0.2, 0.25) is 0 Å². The summed E-state index contributed by atoms with van der Waals surface area (Å²) in [5.41, 5.74) is 6.00. The molecule has 4 nitrogen and oxygen atoms in total. The van der Waals surface area contributed by atoms with Crippen LogP contribution in [0.2, 0.25) is 5.02 Å².